The lowest BCUT2D eigenvalue weighted by atomic mass is 10.1. The minimum absolute atomic E-state index is 0.0390. The molecule has 5 nitrogen and oxygen atoms in total. The topological polar surface area (TPSA) is 59.6 Å². The van der Waals surface area contributed by atoms with Gasteiger partial charge in [-0.25, -0.2) is 4.79 Å². The zero-order valence-corrected chi connectivity index (χ0v) is 12.7. The van der Waals surface area contributed by atoms with Crippen LogP contribution in [0.4, 0.5) is 23.7 Å². The number of hydrogen-bond acceptors (Lipinski definition) is 3. The molecule has 1 saturated heterocycles. The number of carbonyl (C=O) groups excluding carboxylic acids is 1. The highest BCUT2D eigenvalue weighted by Crippen LogP contribution is 2.17. The van der Waals surface area contributed by atoms with E-state index in [1.807, 2.05) is 6.92 Å². The number of halogens is 3. The summed E-state index contributed by atoms with van der Waals surface area (Å²) in [5.41, 5.74) is 1.03. The van der Waals surface area contributed by atoms with Gasteiger partial charge in [0.15, 0.2) is 0 Å². The highest BCUT2D eigenvalue weighted by molar-refractivity contribution is 5.89. The van der Waals surface area contributed by atoms with Crippen molar-refractivity contribution in [2.24, 2.45) is 0 Å². The second kappa shape index (κ2) is 7.65. The molecule has 0 aliphatic carbocycles. The first kappa shape index (κ1) is 17.6. The maximum atomic E-state index is 12.0. The smallest absolute Gasteiger partial charge is 0.376 e. The molecule has 1 aromatic rings. The van der Waals surface area contributed by atoms with E-state index in [1.165, 1.54) is 0 Å². The molecule has 0 unspecified atom stereocenters. The van der Waals surface area contributed by atoms with Crippen molar-refractivity contribution in [1.82, 2.24) is 5.32 Å². The van der Waals surface area contributed by atoms with Gasteiger partial charge in [0, 0.05) is 12.3 Å². The van der Waals surface area contributed by atoms with Crippen LogP contribution < -0.4 is 10.6 Å². The lowest BCUT2D eigenvalue weighted by molar-refractivity contribution is -0.176. The molecule has 1 aromatic carbocycles. The average Bonchev–Trinajstić information content (AvgIpc) is 2.83. The van der Waals surface area contributed by atoms with Crippen LogP contribution in [0.15, 0.2) is 24.3 Å². The van der Waals surface area contributed by atoms with Crippen LogP contribution in [-0.4, -0.2) is 37.6 Å². The summed E-state index contributed by atoms with van der Waals surface area (Å²) in [7, 11) is 0. The van der Waals surface area contributed by atoms with Crippen molar-refractivity contribution in [3.05, 3.63) is 29.8 Å². The van der Waals surface area contributed by atoms with Gasteiger partial charge >= 0.3 is 12.2 Å². The van der Waals surface area contributed by atoms with E-state index in [4.69, 9.17) is 4.74 Å². The van der Waals surface area contributed by atoms with E-state index >= 15 is 0 Å². The predicted octanol–water partition coefficient (Wildman–Crippen LogP) is 3.06. The number of alkyl halides is 3. The number of urea groups is 1. The van der Waals surface area contributed by atoms with Crippen molar-refractivity contribution in [2.45, 2.75) is 38.3 Å². The van der Waals surface area contributed by atoms with Crippen molar-refractivity contribution in [1.29, 1.82) is 0 Å². The Kier molecular flexibility index (Phi) is 5.84. The molecule has 2 rings (SSSR count). The minimum atomic E-state index is -4.35. The van der Waals surface area contributed by atoms with E-state index in [2.05, 4.69) is 15.4 Å². The molecule has 0 bridgehead atoms. The number of benzene rings is 1. The van der Waals surface area contributed by atoms with Gasteiger partial charge in [0.05, 0.1) is 18.8 Å². The molecule has 0 aromatic heterocycles. The Labute approximate surface area is 132 Å². The van der Waals surface area contributed by atoms with Gasteiger partial charge in [0.1, 0.15) is 6.61 Å². The van der Waals surface area contributed by atoms with Crippen molar-refractivity contribution in [3.8, 4) is 0 Å². The quantitative estimate of drug-likeness (QED) is 0.871. The third-order valence-electron chi connectivity index (χ3n) is 3.41. The summed E-state index contributed by atoms with van der Waals surface area (Å²) in [5.74, 6) is 0. The molecular formula is C15H19F3N2O3. The lowest BCUT2D eigenvalue weighted by Crippen LogP contribution is -2.41. The van der Waals surface area contributed by atoms with E-state index in [0.717, 1.165) is 6.42 Å². The molecule has 1 aliphatic heterocycles. The lowest BCUT2D eigenvalue weighted by Gasteiger charge is -2.16. The first-order valence-corrected chi connectivity index (χ1v) is 7.26. The molecule has 8 heteroatoms. The molecule has 0 saturated carbocycles. The first-order valence-electron chi connectivity index (χ1n) is 7.26. The first-order chi connectivity index (χ1) is 10.8. The van der Waals surface area contributed by atoms with Crippen LogP contribution in [-0.2, 0) is 16.1 Å². The molecule has 1 heterocycles. The third-order valence-corrected chi connectivity index (χ3v) is 3.41. The molecule has 0 spiro atoms. The fourth-order valence-electron chi connectivity index (χ4n) is 2.28. The van der Waals surface area contributed by atoms with Crippen molar-refractivity contribution in [2.75, 3.05) is 18.5 Å². The molecule has 128 valence electrons. The normalized spacial score (nSPS) is 21.2. The largest absolute Gasteiger partial charge is 0.411 e. The fourth-order valence-corrected chi connectivity index (χ4v) is 2.28. The van der Waals surface area contributed by atoms with Gasteiger partial charge < -0.3 is 20.1 Å². The summed E-state index contributed by atoms with van der Waals surface area (Å²) in [6.45, 7) is 1.02. The van der Waals surface area contributed by atoms with Gasteiger partial charge in [-0.3, -0.25) is 0 Å². The van der Waals surface area contributed by atoms with Crippen molar-refractivity contribution in [3.63, 3.8) is 0 Å². The van der Waals surface area contributed by atoms with Crippen LogP contribution in [0.5, 0.6) is 0 Å². The molecule has 2 amide bonds. The number of rotatable bonds is 5. The van der Waals surface area contributed by atoms with Crippen molar-refractivity contribution < 1.29 is 27.4 Å². The Morgan fingerprint density at radius 1 is 1.43 bits per heavy atom. The summed E-state index contributed by atoms with van der Waals surface area (Å²) >= 11 is 0. The van der Waals surface area contributed by atoms with E-state index in [0.29, 0.717) is 17.9 Å². The standard InChI is InChI=1S/C15H19F3N2O3/c1-10-13(5-6-23-10)20-14(21)19-12-4-2-3-11(7-12)8-22-9-15(16,17)18/h2-4,7,10,13H,5-6,8-9H2,1H3,(H2,19,20,21)/t10-,13+/m0/s1. The number of nitrogens with one attached hydrogen (secondary N) is 2. The van der Waals surface area contributed by atoms with Crippen LogP contribution in [0.2, 0.25) is 0 Å². The zero-order chi connectivity index (χ0) is 16.9. The summed E-state index contributed by atoms with van der Waals surface area (Å²) < 4.78 is 46.1. The summed E-state index contributed by atoms with van der Waals surface area (Å²) in [6.07, 6.45) is -3.64. The fraction of sp³-hybridized carbons (Fsp3) is 0.533. The van der Waals surface area contributed by atoms with Crippen LogP contribution in [0, 0.1) is 0 Å². The molecule has 0 radical (unpaired) electrons. The molecule has 23 heavy (non-hydrogen) atoms. The summed E-state index contributed by atoms with van der Waals surface area (Å²) in [4.78, 5) is 11.9. The van der Waals surface area contributed by atoms with Gasteiger partial charge in [-0.15, -0.1) is 0 Å². The average molecular weight is 332 g/mol. The van der Waals surface area contributed by atoms with Crippen LogP contribution in [0.1, 0.15) is 18.9 Å². The van der Waals surface area contributed by atoms with Crippen LogP contribution in [0.25, 0.3) is 0 Å². The van der Waals surface area contributed by atoms with E-state index < -0.39 is 12.8 Å². The Morgan fingerprint density at radius 2 is 2.22 bits per heavy atom. The van der Waals surface area contributed by atoms with Gasteiger partial charge in [-0.2, -0.15) is 13.2 Å². The van der Waals surface area contributed by atoms with E-state index in [9.17, 15) is 18.0 Å². The van der Waals surface area contributed by atoms with Gasteiger partial charge in [-0.1, -0.05) is 12.1 Å². The molecular weight excluding hydrogens is 313 g/mol. The zero-order valence-electron chi connectivity index (χ0n) is 12.7. The minimum Gasteiger partial charge on any atom is -0.376 e. The van der Waals surface area contributed by atoms with Gasteiger partial charge in [0.2, 0.25) is 0 Å². The maximum absolute atomic E-state index is 12.0. The molecule has 1 aliphatic rings. The molecule has 1 fully saturated rings. The number of ether oxygens (including phenoxy) is 2. The van der Waals surface area contributed by atoms with Gasteiger partial charge in [0.25, 0.3) is 0 Å². The SMILES string of the molecule is C[C@@H]1OCC[C@H]1NC(=O)Nc1cccc(COCC(F)(F)F)c1. The third kappa shape index (κ3) is 6.07. The second-order valence-corrected chi connectivity index (χ2v) is 5.38. The second-order valence-electron chi connectivity index (χ2n) is 5.38. The molecule has 2 N–H and O–H groups in total. The Bertz CT molecular complexity index is 537. The highest BCUT2D eigenvalue weighted by Gasteiger charge is 2.27. The Hall–Kier alpha value is -1.80. The predicted molar refractivity (Wildman–Crippen MR) is 78.1 cm³/mol. The van der Waals surface area contributed by atoms with E-state index in [-0.39, 0.29) is 24.8 Å². The number of anilines is 1. The number of carbonyl (C=O) groups is 1. The molecule has 2 atom stereocenters. The van der Waals surface area contributed by atoms with Crippen LogP contribution >= 0.6 is 0 Å². The Balaban J connectivity index is 1.83. The highest BCUT2D eigenvalue weighted by atomic mass is 19.4. The summed E-state index contributed by atoms with van der Waals surface area (Å²) in [6, 6.07) is 6.08. The maximum Gasteiger partial charge on any atom is 0.411 e. The monoisotopic (exact) mass is 332 g/mol. The Morgan fingerprint density at radius 3 is 2.87 bits per heavy atom. The number of amides is 2. The summed E-state index contributed by atoms with van der Waals surface area (Å²) in [5, 5.41) is 5.46. The van der Waals surface area contributed by atoms with Crippen LogP contribution in [0.3, 0.4) is 0 Å². The van der Waals surface area contributed by atoms with Gasteiger partial charge in [-0.05, 0) is 31.0 Å². The van der Waals surface area contributed by atoms with E-state index in [1.54, 1.807) is 24.3 Å². The number of hydrogen-bond donors (Lipinski definition) is 2. The van der Waals surface area contributed by atoms with Crippen molar-refractivity contribution >= 4 is 11.7 Å².